The molecule has 0 spiro atoms. The van der Waals surface area contributed by atoms with Crippen LogP contribution in [0.3, 0.4) is 0 Å². The third kappa shape index (κ3) is 2.97. The molecule has 1 saturated carbocycles. The first-order valence-corrected chi connectivity index (χ1v) is 6.11. The van der Waals surface area contributed by atoms with Crippen LogP contribution < -0.4 is 5.73 Å². The molecule has 1 radical (unpaired) electrons. The van der Waals surface area contributed by atoms with Crippen LogP contribution in [0.2, 0.25) is 0 Å². The Morgan fingerprint density at radius 3 is 2.38 bits per heavy atom. The fourth-order valence-corrected chi connectivity index (χ4v) is 3.07. The summed E-state index contributed by atoms with van der Waals surface area (Å²) < 4.78 is 5.48. The van der Waals surface area contributed by atoms with Crippen LogP contribution in [0.1, 0.15) is 53.4 Å². The second kappa shape index (κ2) is 4.74. The predicted octanol–water partition coefficient (Wildman–Crippen LogP) is 2.65. The van der Waals surface area contributed by atoms with E-state index in [0.29, 0.717) is 12.7 Å². The smallest absolute Gasteiger partial charge is 0.253 e. The van der Waals surface area contributed by atoms with Gasteiger partial charge in [0.1, 0.15) is 0 Å². The minimum Gasteiger partial charge on any atom is -0.367 e. The lowest BCUT2D eigenvalue weighted by Crippen LogP contribution is -2.42. The van der Waals surface area contributed by atoms with Gasteiger partial charge in [-0.15, -0.1) is 0 Å². The lowest BCUT2D eigenvalue weighted by atomic mass is 9.62. The fourth-order valence-electron chi connectivity index (χ4n) is 3.07. The number of hydrogen-bond acceptors (Lipinski definition) is 2. The van der Waals surface area contributed by atoms with Crippen molar-refractivity contribution in [2.24, 2.45) is 16.6 Å². The van der Waals surface area contributed by atoms with Crippen LogP contribution in [0, 0.1) is 16.9 Å². The standard InChI is InChI=1S/C13H24NO2/c1-5-16-10(11(14)15)13(4)8-6-7-12(2,3)9-13/h5-9H2,1-4H3,(H2,14,15). The normalized spacial score (nSPS) is 29.3. The van der Waals surface area contributed by atoms with Crippen molar-refractivity contribution in [2.75, 3.05) is 6.61 Å². The number of ether oxygens (including phenoxy) is 1. The van der Waals surface area contributed by atoms with Crippen LogP contribution in [0.15, 0.2) is 0 Å². The molecule has 1 amide bonds. The first-order chi connectivity index (χ1) is 7.31. The van der Waals surface area contributed by atoms with Gasteiger partial charge in [0.15, 0.2) is 6.10 Å². The number of carbonyl (C=O) groups is 1. The zero-order valence-corrected chi connectivity index (χ0v) is 10.9. The van der Waals surface area contributed by atoms with Crippen molar-refractivity contribution < 1.29 is 9.53 Å². The highest BCUT2D eigenvalue weighted by molar-refractivity contribution is 5.87. The Balaban J connectivity index is 2.84. The van der Waals surface area contributed by atoms with Crippen molar-refractivity contribution in [3.63, 3.8) is 0 Å². The molecule has 1 aliphatic carbocycles. The Morgan fingerprint density at radius 2 is 1.94 bits per heavy atom. The summed E-state index contributed by atoms with van der Waals surface area (Å²) in [6.45, 7) is 8.99. The van der Waals surface area contributed by atoms with Crippen molar-refractivity contribution in [1.29, 1.82) is 0 Å². The second-order valence-electron chi connectivity index (χ2n) is 5.88. The third-order valence-electron chi connectivity index (χ3n) is 3.51. The first-order valence-electron chi connectivity index (χ1n) is 6.11. The van der Waals surface area contributed by atoms with Gasteiger partial charge in [0, 0.05) is 12.0 Å². The molecule has 0 aromatic heterocycles. The van der Waals surface area contributed by atoms with E-state index in [4.69, 9.17) is 10.5 Å². The zero-order valence-electron chi connectivity index (χ0n) is 10.9. The van der Waals surface area contributed by atoms with Crippen molar-refractivity contribution >= 4 is 5.91 Å². The van der Waals surface area contributed by atoms with Gasteiger partial charge in [-0.05, 0) is 31.6 Å². The van der Waals surface area contributed by atoms with E-state index in [1.807, 2.05) is 6.92 Å². The number of nitrogens with two attached hydrogens (primary N) is 1. The highest BCUT2D eigenvalue weighted by atomic mass is 16.5. The molecule has 1 unspecified atom stereocenters. The SMILES string of the molecule is CCO[C](C(N)=O)C1(C)CCCC(C)(C)C1. The van der Waals surface area contributed by atoms with Crippen LogP contribution in [-0.4, -0.2) is 12.5 Å². The summed E-state index contributed by atoms with van der Waals surface area (Å²) in [6, 6.07) is 0. The molecule has 2 N–H and O–H groups in total. The molecular weight excluding hydrogens is 202 g/mol. The summed E-state index contributed by atoms with van der Waals surface area (Å²) in [5.41, 5.74) is 5.52. The maximum Gasteiger partial charge on any atom is 0.253 e. The van der Waals surface area contributed by atoms with Crippen LogP contribution in [-0.2, 0) is 9.53 Å². The molecule has 0 heterocycles. The molecule has 16 heavy (non-hydrogen) atoms. The van der Waals surface area contributed by atoms with Gasteiger partial charge < -0.3 is 10.5 Å². The molecule has 0 aromatic carbocycles. The fraction of sp³-hybridized carbons (Fsp3) is 0.846. The minimum atomic E-state index is -0.401. The van der Waals surface area contributed by atoms with E-state index in [9.17, 15) is 4.79 Å². The van der Waals surface area contributed by atoms with E-state index < -0.39 is 5.91 Å². The average molecular weight is 226 g/mol. The van der Waals surface area contributed by atoms with E-state index in [2.05, 4.69) is 20.8 Å². The van der Waals surface area contributed by atoms with E-state index in [1.165, 1.54) is 6.42 Å². The van der Waals surface area contributed by atoms with E-state index in [0.717, 1.165) is 19.3 Å². The molecule has 3 nitrogen and oxygen atoms in total. The van der Waals surface area contributed by atoms with Crippen molar-refractivity contribution in [3.05, 3.63) is 6.10 Å². The largest absolute Gasteiger partial charge is 0.367 e. The number of amides is 1. The van der Waals surface area contributed by atoms with Gasteiger partial charge in [0.25, 0.3) is 5.91 Å². The average Bonchev–Trinajstić information content (AvgIpc) is 2.11. The molecule has 1 rings (SSSR count). The minimum absolute atomic E-state index is 0.177. The van der Waals surface area contributed by atoms with Gasteiger partial charge in [-0.25, -0.2) is 0 Å². The Labute approximate surface area is 98.7 Å². The van der Waals surface area contributed by atoms with Crippen LogP contribution >= 0.6 is 0 Å². The number of hydrogen-bond donors (Lipinski definition) is 1. The maximum absolute atomic E-state index is 11.5. The third-order valence-corrected chi connectivity index (χ3v) is 3.51. The van der Waals surface area contributed by atoms with Crippen molar-refractivity contribution in [1.82, 2.24) is 0 Å². The number of rotatable bonds is 4. The molecular formula is C13H24NO2. The highest BCUT2D eigenvalue weighted by Crippen LogP contribution is 2.50. The maximum atomic E-state index is 11.5. The van der Waals surface area contributed by atoms with Crippen LogP contribution in [0.4, 0.5) is 0 Å². The van der Waals surface area contributed by atoms with Crippen molar-refractivity contribution in [2.45, 2.75) is 53.4 Å². The van der Waals surface area contributed by atoms with Crippen LogP contribution in [0.5, 0.6) is 0 Å². The quantitative estimate of drug-likeness (QED) is 0.801. The Kier molecular flexibility index (Phi) is 4.00. The first kappa shape index (κ1) is 13.5. The Hall–Kier alpha value is -0.570. The Morgan fingerprint density at radius 1 is 1.31 bits per heavy atom. The monoisotopic (exact) mass is 226 g/mol. The molecule has 1 aliphatic rings. The summed E-state index contributed by atoms with van der Waals surface area (Å²) in [6.07, 6.45) is 4.78. The summed E-state index contributed by atoms with van der Waals surface area (Å²) in [4.78, 5) is 11.5. The molecule has 0 aliphatic heterocycles. The van der Waals surface area contributed by atoms with Gasteiger partial charge in [-0.3, -0.25) is 4.79 Å². The number of carbonyl (C=O) groups excluding carboxylic acids is 1. The van der Waals surface area contributed by atoms with E-state index in [-0.39, 0.29) is 10.8 Å². The Bertz CT molecular complexity index is 263. The van der Waals surface area contributed by atoms with Gasteiger partial charge in [0.2, 0.25) is 0 Å². The molecule has 0 bridgehead atoms. The zero-order chi connectivity index (χ0) is 12.4. The van der Waals surface area contributed by atoms with Crippen molar-refractivity contribution in [3.8, 4) is 0 Å². The second-order valence-corrected chi connectivity index (χ2v) is 5.88. The van der Waals surface area contributed by atoms with Gasteiger partial charge in [-0.2, -0.15) is 0 Å². The van der Waals surface area contributed by atoms with Gasteiger partial charge in [0.05, 0.1) is 0 Å². The summed E-state index contributed by atoms with van der Waals surface area (Å²) >= 11 is 0. The lowest BCUT2D eigenvalue weighted by molar-refractivity contribution is -0.127. The lowest BCUT2D eigenvalue weighted by Gasteiger charge is -2.45. The molecule has 1 fully saturated rings. The molecule has 1 atom stereocenters. The van der Waals surface area contributed by atoms with E-state index >= 15 is 0 Å². The summed E-state index contributed by atoms with van der Waals surface area (Å²) in [5.74, 6) is -0.401. The summed E-state index contributed by atoms with van der Waals surface area (Å²) in [5, 5.41) is 0. The number of primary amides is 1. The van der Waals surface area contributed by atoms with Gasteiger partial charge >= 0.3 is 0 Å². The highest BCUT2D eigenvalue weighted by Gasteiger charge is 2.45. The molecule has 3 heteroatoms. The van der Waals surface area contributed by atoms with E-state index in [1.54, 1.807) is 0 Å². The molecule has 93 valence electrons. The topological polar surface area (TPSA) is 52.3 Å². The molecule has 0 saturated heterocycles. The van der Waals surface area contributed by atoms with Crippen LogP contribution in [0.25, 0.3) is 0 Å². The predicted molar refractivity (Wildman–Crippen MR) is 64.4 cm³/mol. The molecule has 0 aromatic rings. The van der Waals surface area contributed by atoms with Gasteiger partial charge in [-0.1, -0.05) is 27.2 Å². The summed E-state index contributed by atoms with van der Waals surface area (Å²) in [7, 11) is 0.